The number of amides is 1. The molecular formula is C19H27F3N2O2. The molecule has 0 radical (unpaired) electrons. The van der Waals surface area contributed by atoms with Crippen LogP contribution in [0.4, 0.5) is 13.2 Å². The molecule has 1 saturated heterocycles. The molecule has 0 bridgehead atoms. The van der Waals surface area contributed by atoms with Gasteiger partial charge < -0.3 is 15.0 Å². The molecule has 1 amide bonds. The average molecular weight is 372 g/mol. The van der Waals surface area contributed by atoms with Crippen molar-refractivity contribution in [1.82, 2.24) is 10.2 Å². The molecule has 1 aliphatic heterocycles. The molecule has 0 aliphatic carbocycles. The van der Waals surface area contributed by atoms with Crippen LogP contribution in [-0.4, -0.2) is 44.2 Å². The minimum atomic E-state index is -4.40. The topological polar surface area (TPSA) is 41.6 Å². The summed E-state index contributed by atoms with van der Waals surface area (Å²) in [5, 5.41) is 3.28. The second kappa shape index (κ2) is 9.37. The molecule has 1 aromatic carbocycles. The Hall–Kier alpha value is -1.60. The minimum Gasteiger partial charge on any atom is -0.383 e. The minimum absolute atomic E-state index is 0.0427. The first-order valence-corrected chi connectivity index (χ1v) is 8.99. The van der Waals surface area contributed by atoms with Crippen LogP contribution in [0.5, 0.6) is 0 Å². The SMILES string of the molecule is COCCN(C(=O)CCC1CCNC1)C(C)c1cccc(C(F)(F)F)c1. The van der Waals surface area contributed by atoms with Crippen LogP contribution in [0, 0.1) is 5.92 Å². The van der Waals surface area contributed by atoms with Gasteiger partial charge in [0, 0.05) is 20.1 Å². The van der Waals surface area contributed by atoms with E-state index in [4.69, 9.17) is 4.74 Å². The number of methoxy groups -OCH3 is 1. The summed E-state index contributed by atoms with van der Waals surface area (Å²) in [5.41, 5.74) is -0.218. The largest absolute Gasteiger partial charge is 0.416 e. The molecule has 2 rings (SSSR count). The van der Waals surface area contributed by atoms with E-state index in [0.717, 1.165) is 38.1 Å². The first-order chi connectivity index (χ1) is 12.3. The fourth-order valence-electron chi connectivity index (χ4n) is 3.31. The predicted molar refractivity (Wildman–Crippen MR) is 93.7 cm³/mol. The van der Waals surface area contributed by atoms with Gasteiger partial charge in [-0.25, -0.2) is 0 Å². The number of alkyl halides is 3. The molecule has 1 heterocycles. The molecule has 1 fully saturated rings. The number of rotatable bonds is 8. The maximum Gasteiger partial charge on any atom is 0.416 e. The highest BCUT2D eigenvalue weighted by molar-refractivity contribution is 5.76. The van der Waals surface area contributed by atoms with E-state index in [0.29, 0.717) is 31.1 Å². The zero-order chi connectivity index (χ0) is 19.2. The molecule has 1 N–H and O–H groups in total. The summed E-state index contributed by atoms with van der Waals surface area (Å²) in [5.74, 6) is 0.450. The lowest BCUT2D eigenvalue weighted by Gasteiger charge is -2.30. The van der Waals surface area contributed by atoms with Gasteiger partial charge in [-0.15, -0.1) is 0 Å². The van der Waals surface area contributed by atoms with E-state index in [2.05, 4.69) is 5.32 Å². The lowest BCUT2D eigenvalue weighted by molar-refractivity contribution is -0.137. The van der Waals surface area contributed by atoms with Gasteiger partial charge in [-0.3, -0.25) is 4.79 Å². The Labute approximate surface area is 152 Å². The van der Waals surface area contributed by atoms with E-state index >= 15 is 0 Å². The van der Waals surface area contributed by atoms with Crippen molar-refractivity contribution < 1.29 is 22.7 Å². The summed E-state index contributed by atoms with van der Waals surface area (Å²) in [6, 6.07) is 4.75. The normalized spacial score (nSPS) is 18.7. The van der Waals surface area contributed by atoms with Gasteiger partial charge in [0.1, 0.15) is 0 Å². The van der Waals surface area contributed by atoms with Gasteiger partial charge in [0.05, 0.1) is 18.2 Å². The van der Waals surface area contributed by atoms with E-state index in [1.807, 2.05) is 0 Å². The molecule has 2 atom stereocenters. The number of ether oxygens (including phenoxy) is 1. The van der Waals surface area contributed by atoms with Crippen LogP contribution < -0.4 is 5.32 Å². The molecule has 26 heavy (non-hydrogen) atoms. The standard InChI is InChI=1S/C19H27F3N2O2/c1-14(16-4-3-5-17(12-16)19(20,21)22)24(10-11-26-2)18(25)7-6-15-8-9-23-13-15/h3-5,12,14-15,23H,6-11,13H2,1-2H3. The van der Waals surface area contributed by atoms with E-state index in [9.17, 15) is 18.0 Å². The van der Waals surface area contributed by atoms with Gasteiger partial charge >= 0.3 is 6.18 Å². The highest BCUT2D eigenvalue weighted by Gasteiger charge is 2.31. The quantitative estimate of drug-likeness (QED) is 0.758. The van der Waals surface area contributed by atoms with Gasteiger partial charge in [0.2, 0.25) is 5.91 Å². The fourth-order valence-corrected chi connectivity index (χ4v) is 3.31. The number of nitrogens with one attached hydrogen (secondary N) is 1. The van der Waals surface area contributed by atoms with Crippen molar-refractivity contribution in [1.29, 1.82) is 0 Å². The monoisotopic (exact) mass is 372 g/mol. The van der Waals surface area contributed by atoms with Crippen molar-refractivity contribution in [3.8, 4) is 0 Å². The van der Waals surface area contributed by atoms with Gasteiger partial charge in [-0.1, -0.05) is 12.1 Å². The number of carbonyl (C=O) groups excluding carboxylic acids is 1. The van der Waals surface area contributed by atoms with Gasteiger partial charge in [-0.05, 0) is 56.5 Å². The number of hydrogen-bond donors (Lipinski definition) is 1. The fraction of sp³-hybridized carbons (Fsp3) is 0.632. The zero-order valence-corrected chi connectivity index (χ0v) is 15.3. The van der Waals surface area contributed by atoms with Crippen LogP contribution in [0.3, 0.4) is 0 Å². The molecule has 0 saturated carbocycles. The van der Waals surface area contributed by atoms with Crippen molar-refractivity contribution in [2.75, 3.05) is 33.4 Å². The van der Waals surface area contributed by atoms with E-state index < -0.39 is 17.8 Å². The van der Waals surface area contributed by atoms with Gasteiger partial charge in [0.25, 0.3) is 0 Å². The molecule has 4 nitrogen and oxygen atoms in total. The summed E-state index contributed by atoms with van der Waals surface area (Å²) in [6.45, 7) is 4.37. The Morgan fingerprint density at radius 3 is 2.81 bits per heavy atom. The molecule has 1 aliphatic rings. The third-order valence-corrected chi connectivity index (χ3v) is 4.95. The molecule has 7 heteroatoms. The lowest BCUT2D eigenvalue weighted by Crippen LogP contribution is -2.36. The summed E-state index contributed by atoms with van der Waals surface area (Å²) < 4.78 is 44.0. The van der Waals surface area contributed by atoms with Crippen molar-refractivity contribution in [2.24, 2.45) is 5.92 Å². The van der Waals surface area contributed by atoms with Crippen LogP contribution >= 0.6 is 0 Å². The third kappa shape index (κ3) is 5.71. The first-order valence-electron chi connectivity index (χ1n) is 8.99. The Balaban J connectivity index is 2.09. The maximum atomic E-state index is 13.0. The number of carbonyl (C=O) groups is 1. The van der Waals surface area contributed by atoms with Crippen LogP contribution in [0.2, 0.25) is 0 Å². The Bertz CT molecular complexity index is 586. The Morgan fingerprint density at radius 1 is 1.42 bits per heavy atom. The van der Waals surface area contributed by atoms with E-state index in [-0.39, 0.29) is 5.91 Å². The summed E-state index contributed by atoms with van der Waals surface area (Å²) >= 11 is 0. The van der Waals surface area contributed by atoms with Crippen LogP contribution in [0.1, 0.15) is 43.4 Å². The second-order valence-corrected chi connectivity index (χ2v) is 6.78. The lowest BCUT2D eigenvalue weighted by atomic mass is 10.00. The van der Waals surface area contributed by atoms with Gasteiger partial charge in [-0.2, -0.15) is 13.2 Å². The van der Waals surface area contributed by atoms with Crippen molar-refractivity contribution in [2.45, 2.75) is 38.4 Å². The second-order valence-electron chi connectivity index (χ2n) is 6.78. The highest BCUT2D eigenvalue weighted by atomic mass is 19.4. The summed E-state index contributed by atoms with van der Waals surface area (Å²) in [7, 11) is 1.54. The van der Waals surface area contributed by atoms with Crippen molar-refractivity contribution >= 4 is 5.91 Å². The third-order valence-electron chi connectivity index (χ3n) is 4.95. The van der Waals surface area contributed by atoms with Crippen molar-refractivity contribution in [3.63, 3.8) is 0 Å². The van der Waals surface area contributed by atoms with E-state index in [1.165, 1.54) is 6.07 Å². The number of hydrogen-bond acceptors (Lipinski definition) is 3. The molecular weight excluding hydrogens is 345 g/mol. The smallest absolute Gasteiger partial charge is 0.383 e. The zero-order valence-electron chi connectivity index (χ0n) is 15.3. The highest BCUT2D eigenvalue weighted by Crippen LogP contribution is 2.32. The Kier molecular flexibility index (Phi) is 7.46. The molecule has 0 aromatic heterocycles. The molecule has 146 valence electrons. The average Bonchev–Trinajstić information content (AvgIpc) is 3.13. The summed E-state index contributed by atoms with van der Waals surface area (Å²) in [6.07, 6.45) is -2.13. The number of benzene rings is 1. The molecule has 2 unspecified atom stereocenters. The summed E-state index contributed by atoms with van der Waals surface area (Å²) in [4.78, 5) is 14.4. The van der Waals surface area contributed by atoms with Crippen molar-refractivity contribution in [3.05, 3.63) is 35.4 Å². The Morgan fingerprint density at radius 2 is 2.19 bits per heavy atom. The maximum absolute atomic E-state index is 13.0. The molecule has 1 aromatic rings. The van der Waals surface area contributed by atoms with Crippen LogP contribution in [-0.2, 0) is 15.7 Å². The predicted octanol–water partition coefficient (Wildman–Crippen LogP) is 3.63. The molecule has 0 spiro atoms. The number of halogens is 3. The van der Waals surface area contributed by atoms with Crippen LogP contribution in [0.15, 0.2) is 24.3 Å². The van der Waals surface area contributed by atoms with Crippen LogP contribution in [0.25, 0.3) is 0 Å². The number of nitrogens with zero attached hydrogens (tertiary/aromatic N) is 1. The first kappa shape index (κ1) is 20.7. The van der Waals surface area contributed by atoms with E-state index in [1.54, 1.807) is 25.0 Å². The van der Waals surface area contributed by atoms with Gasteiger partial charge in [0.15, 0.2) is 0 Å².